The molecule has 0 radical (unpaired) electrons. The smallest absolute Gasteiger partial charge is 0.282 e. The second kappa shape index (κ2) is 4.28. The van der Waals surface area contributed by atoms with Gasteiger partial charge in [0.15, 0.2) is 9.84 Å². The summed E-state index contributed by atoms with van der Waals surface area (Å²) in [6.45, 7) is 0.503. The lowest BCUT2D eigenvalue weighted by atomic mass is 10.1. The van der Waals surface area contributed by atoms with E-state index in [0.717, 1.165) is 5.56 Å². The maximum atomic E-state index is 11.9. The maximum absolute atomic E-state index is 11.9. The van der Waals surface area contributed by atoms with Crippen LogP contribution in [-0.4, -0.2) is 41.4 Å². The molecule has 18 heavy (non-hydrogen) atoms. The van der Waals surface area contributed by atoms with Gasteiger partial charge < -0.3 is 4.90 Å². The topological polar surface area (TPSA) is 54.5 Å². The molecule has 0 aliphatic carbocycles. The summed E-state index contributed by atoms with van der Waals surface area (Å²) >= 11 is 1.17. The summed E-state index contributed by atoms with van der Waals surface area (Å²) in [5.41, 5.74) is 1.04. The Balaban J connectivity index is 1.82. The van der Waals surface area contributed by atoms with Gasteiger partial charge in [0.1, 0.15) is 0 Å². The summed E-state index contributed by atoms with van der Waals surface area (Å²) in [6.07, 6.45) is 0. The molecule has 2 aliphatic heterocycles. The van der Waals surface area contributed by atoms with Crippen molar-refractivity contribution in [2.45, 2.75) is 17.8 Å². The van der Waals surface area contributed by atoms with E-state index in [1.54, 1.807) is 4.90 Å². The lowest BCUT2D eigenvalue weighted by Gasteiger charge is -2.22. The minimum atomic E-state index is -2.97. The second-order valence-electron chi connectivity index (χ2n) is 4.68. The highest BCUT2D eigenvalue weighted by Gasteiger charge is 2.49. The van der Waals surface area contributed by atoms with Crippen LogP contribution in [0, 0.1) is 0 Å². The average Bonchev–Trinajstić information content (AvgIpc) is 2.74. The number of amides is 1. The number of benzene rings is 1. The van der Waals surface area contributed by atoms with Crippen molar-refractivity contribution in [3.8, 4) is 0 Å². The summed E-state index contributed by atoms with van der Waals surface area (Å²) in [7, 11) is -2.97. The van der Waals surface area contributed by atoms with E-state index in [1.165, 1.54) is 11.8 Å². The molecule has 1 aromatic carbocycles. The van der Waals surface area contributed by atoms with Crippen molar-refractivity contribution in [3.63, 3.8) is 0 Å². The van der Waals surface area contributed by atoms with Gasteiger partial charge in [0, 0.05) is 11.8 Å². The van der Waals surface area contributed by atoms with Crippen molar-refractivity contribution in [2.24, 2.45) is 0 Å². The minimum Gasteiger partial charge on any atom is -0.324 e. The molecule has 4 nitrogen and oxygen atoms in total. The van der Waals surface area contributed by atoms with Gasteiger partial charge in [0.2, 0.25) is 0 Å². The van der Waals surface area contributed by atoms with Gasteiger partial charge in [-0.1, -0.05) is 42.1 Å². The molecule has 2 fully saturated rings. The first-order chi connectivity index (χ1) is 8.55. The van der Waals surface area contributed by atoms with Gasteiger partial charge in [-0.15, -0.1) is 0 Å². The molecule has 96 valence electrons. The van der Waals surface area contributed by atoms with Crippen LogP contribution in [0.1, 0.15) is 5.56 Å². The number of hydrogen-bond acceptors (Lipinski definition) is 4. The normalized spacial score (nSPS) is 29.6. The van der Waals surface area contributed by atoms with Crippen LogP contribution in [0.15, 0.2) is 30.3 Å². The van der Waals surface area contributed by atoms with Crippen molar-refractivity contribution in [2.75, 3.05) is 11.5 Å². The summed E-state index contributed by atoms with van der Waals surface area (Å²) < 4.78 is 23.2. The van der Waals surface area contributed by atoms with Gasteiger partial charge in [-0.05, 0) is 5.56 Å². The highest BCUT2D eigenvalue weighted by atomic mass is 32.2. The van der Waals surface area contributed by atoms with Crippen molar-refractivity contribution in [1.29, 1.82) is 0 Å². The zero-order chi connectivity index (χ0) is 12.8. The number of sulfone groups is 1. The molecule has 0 spiro atoms. The predicted molar refractivity (Wildman–Crippen MR) is 71.2 cm³/mol. The minimum absolute atomic E-state index is 0.00348. The number of fused-ring (bicyclic) bond motifs is 1. The zero-order valence-corrected chi connectivity index (χ0v) is 11.3. The second-order valence-corrected chi connectivity index (χ2v) is 8.02. The summed E-state index contributed by atoms with van der Waals surface area (Å²) in [5, 5.41) is -0.0741. The fraction of sp³-hybridized carbons (Fsp3) is 0.417. The predicted octanol–water partition coefficient (Wildman–Crippen LogP) is 1.52. The van der Waals surface area contributed by atoms with E-state index in [-0.39, 0.29) is 28.0 Å². The molecule has 2 heterocycles. The summed E-state index contributed by atoms with van der Waals surface area (Å²) in [6, 6.07) is 9.53. The first-order valence-corrected chi connectivity index (χ1v) is 8.47. The third-order valence-corrected chi connectivity index (χ3v) is 6.50. The molecule has 0 bridgehead atoms. The van der Waals surface area contributed by atoms with Crippen LogP contribution < -0.4 is 0 Å². The van der Waals surface area contributed by atoms with Crippen LogP contribution in [0.2, 0.25) is 0 Å². The van der Waals surface area contributed by atoms with Gasteiger partial charge in [0.25, 0.3) is 5.24 Å². The Morgan fingerprint density at radius 2 is 1.94 bits per heavy atom. The molecular weight excluding hydrogens is 270 g/mol. The molecule has 2 unspecified atom stereocenters. The Labute approximate surface area is 110 Å². The van der Waals surface area contributed by atoms with Crippen molar-refractivity contribution in [3.05, 3.63) is 35.9 Å². The molecule has 1 amide bonds. The van der Waals surface area contributed by atoms with Crippen LogP contribution >= 0.6 is 11.8 Å². The lowest BCUT2D eigenvalue weighted by Crippen LogP contribution is -2.36. The number of carbonyl (C=O) groups is 1. The number of thioether (sulfide) groups is 1. The standard InChI is InChI=1S/C12H13NO3S2/c14-12-13(6-9-4-2-1-3-5-9)10-7-18(15,16)8-11(10)17-12/h1-5,10-11H,6-8H2. The molecule has 2 saturated heterocycles. The molecular formula is C12H13NO3S2. The molecule has 2 aliphatic rings. The van der Waals surface area contributed by atoms with Gasteiger partial charge in [-0.3, -0.25) is 4.79 Å². The van der Waals surface area contributed by atoms with Gasteiger partial charge in [-0.25, -0.2) is 8.42 Å². The van der Waals surface area contributed by atoms with E-state index in [1.807, 2.05) is 30.3 Å². The van der Waals surface area contributed by atoms with Gasteiger partial charge in [0.05, 0.1) is 17.5 Å². The molecule has 6 heteroatoms. The molecule has 0 N–H and O–H groups in total. The third kappa shape index (κ3) is 2.14. The van der Waals surface area contributed by atoms with E-state index in [4.69, 9.17) is 0 Å². The van der Waals surface area contributed by atoms with Crippen LogP contribution in [0.25, 0.3) is 0 Å². The Hall–Kier alpha value is -1.01. The highest BCUT2D eigenvalue weighted by molar-refractivity contribution is 8.15. The van der Waals surface area contributed by atoms with Crippen molar-refractivity contribution in [1.82, 2.24) is 4.90 Å². The Morgan fingerprint density at radius 3 is 2.67 bits per heavy atom. The summed E-state index contributed by atoms with van der Waals surface area (Å²) in [4.78, 5) is 13.6. The van der Waals surface area contributed by atoms with Crippen LogP contribution in [-0.2, 0) is 16.4 Å². The Morgan fingerprint density at radius 1 is 1.22 bits per heavy atom. The molecule has 2 atom stereocenters. The number of rotatable bonds is 2. The van der Waals surface area contributed by atoms with E-state index >= 15 is 0 Å². The first kappa shape index (κ1) is 12.0. The van der Waals surface area contributed by atoms with Gasteiger partial charge in [-0.2, -0.15) is 0 Å². The maximum Gasteiger partial charge on any atom is 0.282 e. The average molecular weight is 283 g/mol. The molecule has 3 rings (SSSR count). The zero-order valence-electron chi connectivity index (χ0n) is 9.65. The highest BCUT2D eigenvalue weighted by Crippen LogP contribution is 2.38. The summed E-state index contributed by atoms with van der Waals surface area (Å²) in [5.74, 6) is 0.253. The quantitative estimate of drug-likeness (QED) is 0.826. The Kier molecular flexibility index (Phi) is 2.86. The number of nitrogens with zero attached hydrogens (tertiary/aromatic N) is 1. The molecule has 0 aromatic heterocycles. The largest absolute Gasteiger partial charge is 0.324 e. The van der Waals surface area contributed by atoms with E-state index in [2.05, 4.69) is 0 Å². The van der Waals surface area contributed by atoms with Crippen LogP contribution in [0.5, 0.6) is 0 Å². The SMILES string of the molecule is O=C1SC2CS(=O)(=O)CC2N1Cc1ccccc1. The van der Waals surface area contributed by atoms with E-state index in [9.17, 15) is 13.2 Å². The Bertz CT molecular complexity index is 570. The first-order valence-electron chi connectivity index (χ1n) is 5.77. The third-order valence-electron chi connectivity index (χ3n) is 3.35. The molecule has 0 saturated carbocycles. The van der Waals surface area contributed by atoms with Crippen LogP contribution in [0.3, 0.4) is 0 Å². The fourth-order valence-corrected chi connectivity index (χ4v) is 6.30. The fourth-order valence-electron chi connectivity index (χ4n) is 2.49. The number of carbonyl (C=O) groups excluding carboxylic acids is 1. The van der Waals surface area contributed by atoms with Crippen molar-refractivity contribution < 1.29 is 13.2 Å². The van der Waals surface area contributed by atoms with Crippen molar-refractivity contribution >= 4 is 26.8 Å². The van der Waals surface area contributed by atoms with Gasteiger partial charge >= 0.3 is 0 Å². The van der Waals surface area contributed by atoms with Crippen LogP contribution in [0.4, 0.5) is 4.79 Å². The van der Waals surface area contributed by atoms with E-state index in [0.29, 0.717) is 6.54 Å². The molecule has 1 aromatic rings. The number of hydrogen-bond donors (Lipinski definition) is 0. The lowest BCUT2D eigenvalue weighted by molar-refractivity contribution is 0.210. The monoisotopic (exact) mass is 283 g/mol. The van der Waals surface area contributed by atoms with E-state index < -0.39 is 9.84 Å².